The molecule has 1 aromatic heterocycles. The third-order valence-electron chi connectivity index (χ3n) is 4.78. The number of benzene rings is 3. The van der Waals surface area contributed by atoms with Gasteiger partial charge in [0.1, 0.15) is 29.8 Å². The normalized spacial score (nSPS) is 11.8. The van der Waals surface area contributed by atoms with Gasteiger partial charge >= 0.3 is 5.69 Å². The Kier molecular flexibility index (Phi) is 6.19. The van der Waals surface area contributed by atoms with Gasteiger partial charge < -0.3 is 9.84 Å². The van der Waals surface area contributed by atoms with Crippen LogP contribution in [0.5, 0.6) is 5.75 Å². The quantitative estimate of drug-likeness (QED) is 0.500. The van der Waals surface area contributed by atoms with E-state index in [0.717, 1.165) is 16.7 Å². The zero-order valence-corrected chi connectivity index (χ0v) is 17.2. The molecular formula is C25H23N3O3. The average Bonchev–Trinajstić information content (AvgIpc) is 2.80. The van der Waals surface area contributed by atoms with E-state index in [2.05, 4.69) is 10.1 Å². The Morgan fingerprint density at radius 2 is 1.55 bits per heavy atom. The first-order chi connectivity index (χ1) is 15.1. The molecule has 4 aromatic rings. The lowest BCUT2D eigenvalue weighted by Gasteiger charge is -2.15. The predicted molar refractivity (Wildman–Crippen MR) is 120 cm³/mol. The topological polar surface area (TPSA) is 77.2 Å². The molecule has 0 amide bonds. The Labute approximate surface area is 180 Å². The summed E-state index contributed by atoms with van der Waals surface area (Å²) in [6, 6.07) is 26.6. The molecule has 6 heteroatoms. The minimum absolute atomic E-state index is 0.0213. The van der Waals surface area contributed by atoms with E-state index in [-0.39, 0.29) is 13.2 Å². The van der Waals surface area contributed by atoms with E-state index in [1.807, 2.05) is 91.9 Å². The number of nitrogens with zero attached hydrogens (tertiary/aromatic N) is 3. The molecule has 0 radical (unpaired) electrons. The highest BCUT2D eigenvalue weighted by Gasteiger charge is 2.16. The molecule has 1 unspecified atom stereocenters. The number of hydrogen-bond acceptors (Lipinski definition) is 5. The summed E-state index contributed by atoms with van der Waals surface area (Å²) >= 11 is 0. The molecule has 1 N–H and O–H groups in total. The SMILES string of the molecule is Cc1cccc(OCC(O)Cn2nc(-c3ccccc3)c(-c3ccccc3)nc2=O)c1. The van der Waals surface area contributed by atoms with Crippen LogP contribution in [0.25, 0.3) is 22.5 Å². The maximum atomic E-state index is 12.7. The number of aliphatic hydroxyl groups is 1. The molecule has 0 aliphatic heterocycles. The van der Waals surface area contributed by atoms with Crippen molar-refractivity contribution in [3.8, 4) is 28.3 Å². The molecule has 3 aromatic carbocycles. The highest BCUT2D eigenvalue weighted by atomic mass is 16.5. The Bertz CT molecular complexity index is 1210. The van der Waals surface area contributed by atoms with Gasteiger partial charge in [-0.2, -0.15) is 10.1 Å². The Balaban J connectivity index is 1.61. The van der Waals surface area contributed by atoms with Gasteiger partial charge in [-0.3, -0.25) is 0 Å². The maximum Gasteiger partial charge on any atom is 0.364 e. The lowest BCUT2D eigenvalue weighted by Crippen LogP contribution is -2.34. The summed E-state index contributed by atoms with van der Waals surface area (Å²) in [7, 11) is 0. The van der Waals surface area contributed by atoms with E-state index in [1.165, 1.54) is 4.68 Å². The van der Waals surface area contributed by atoms with Crippen LogP contribution in [0.1, 0.15) is 5.56 Å². The van der Waals surface area contributed by atoms with Crippen LogP contribution in [0.2, 0.25) is 0 Å². The first kappa shape index (κ1) is 20.5. The van der Waals surface area contributed by atoms with Gasteiger partial charge in [0.05, 0.1) is 6.54 Å². The van der Waals surface area contributed by atoms with Crippen molar-refractivity contribution in [2.45, 2.75) is 19.6 Å². The van der Waals surface area contributed by atoms with Gasteiger partial charge in [0.2, 0.25) is 0 Å². The lowest BCUT2D eigenvalue weighted by molar-refractivity contribution is 0.0876. The molecule has 0 aliphatic carbocycles. The smallest absolute Gasteiger partial charge is 0.364 e. The second-order valence-electron chi connectivity index (χ2n) is 7.29. The van der Waals surface area contributed by atoms with E-state index < -0.39 is 11.8 Å². The van der Waals surface area contributed by atoms with E-state index in [9.17, 15) is 9.90 Å². The number of aliphatic hydroxyl groups excluding tert-OH is 1. The van der Waals surface area contributed by atoms with Gasteiger partial charge in [-0.1, -0.05) is 72.8 Å². The van der Waals surface area contributed by atoms with Crippen molar-refractivity contribution in [2.75, 3.05) is 6.61 Å². The van der Waals surface area contributed by atoms with Crippen molar-refractivity contribution >= 4 is 0 Å². The van der Waals surface area contributed by atoms with Gasteiger partial charge in [-0.05, 0) is 24.6 Å². The molecule has 1 heterocycles. The van der Waals surface area contributed by atoms with Gasteiger partial charge in [-0.25, -0.2) is 9.48 Å². The summed E-state index contributed by atoms with van der Waals surface area (Å²) in [6.45, 7) is 1.99. The molecular weight excluding hydrogens is 390 g/mol. The highest BCUT2D eigenvalue weighted by Crippen LogP contribution is 2.27. The maximum absolute atomic E-state index is 12.7. The highest BCUT2D eigenvalue weighted by molar-refractivity contribution is 5.77. The third kappa shape index (κ3) is 5.05. The fourth-order valence-corrected chi connectivity index (χ4v) is 3.27. The number of aromatic nitrogens is 3. The molecule has 0 bridgehead atoms. The van der Waals surface area contributed by atoms with Crippen LogP contribution in [0.4, 0.5) is 0 Å². The second kappa shape index (κ2) is 9.36. The third-order valence-corrected chi connectivity index (χ3v) is 4.78. The zero-order chi connectivity index (χ0) is 21.6. The van der Waals surface area contributed by atoms with Crippen LogP contribution in [-0.4, -0.2) is 32.6 Å². The van der Waals surface area contributed by atoms with Crippen LogP contribution in [0.15, 0.2) is 89.7 Å². The summed E-state index contributed by atoms with van der Waals surface area (Å²) in [6.07, 6.45) is -0.918. The summed E-state index contributed by atoms with van der Waals surface area (Å²) in [4.78, 5) is 17.0. The molecule has 0 fully saturated rings. The molecule has 156 valence electrons. The molecule has 0 saturated heterocycles. The second-order valence-corrected chi connectivity index (χ2v) is 7.29. The van der Waals surface area contributed by atoms with E-state index >= 15 is 0 Å². The summed E-state index contributed by atoms with van der Waals surface area (Å²) in [5, 5.41) is 15.0. The van der Waals surface area contributed by atoms with E-state index in [0.29, 0.717) is 17.1 Å². The average molecular weight is 413 g/mol. The van der Waals surface area contributed by atoms with Crippen LogP contribution >= 0.6 is 0 Å². The number of ether oxygens (including phenoxy) is 1. The number of rotatable bonds is 7. The Morgan fingerprint density at radius 3 is 2.19 bits per heavy atom. The molecule has 31 heavy (non-hydrogen) atoms. The first-order valence-corrected chi connectivity index (χ1v) is 10.1. The lowest BCUT2D eigenvalue weighted by atomic mass is 10.0. The monoisotopic (exact) mass is 413 g/mol. The number of aryl methyl sites for hydroxylation is 1. The molecule has 0 aliphatic rings. The van der Waals surface area contributed by atoms with Crippen molar-refractivity contribution in [3.63, 3.8) is 0 Å². The Hall–Kier alpha value is -3.77. The van der Waals surface area contributed by atoms with Gasteiger partial charge in [-0.15, -0.1) is 0 Å². The van der Waals surface area contributed by atoms with Crippen LogP contribution in [-0.2, 0) is 6.54 Å². The Morgan fingerprint density at radius 1 is 0.903 bits per heavy atom. The van der Waals surface area contributed by atoms with Crippen molar-refractivity contribution in [2.24, 2.45) is 0 Å². The summed E-state index contributed by atoms with van der Waals surface area (Å²) < 4.78 is 6.85. The first-order valence-electron chi connectivity index (χ1n) is 10.1. The van der Waals surface area contributed by atoms with Crippen molar-refractivity contribution in [3.05, 3.63) is 101 Å². The van der Waals surface area contributed by atoms with Crippen molar-refractivity contribution < 1.29 is 9.84 Å². The van der Waals surface area contributed by atoms with Crippen LogP contribution in [0.3, 0.4) is 0 Å². The van der Waals surface area contributed by atoms with Gasteiger partial charge in [0.15, 0.2) is 0 Å². The minimum Gasteiger partial charge on any atom is -0.491 e. The molecule has 0 saturated carbocycles. The van der Waals surface area contributed by atoms with E-state index in [1.54, 1.807) is 0 Å². The van der Waals surface area contributed by atoms with Gasteiger partial charge in [0, 0.05) is 11.1 Å². The van der Waals surface area contributed by atoms with Crippen molar-refractivity contribution in [1.82, 2.24) is 14.8 Å². The van der Waals surface area contributed by atoms with E-state index in [4.69, 9.17) is 4.74 Å². The molecule has 0 spiro atoms. The molecule has 1 atom stereocenters. The van der Waals surface area contributed by atoms with Crippen LogP contribution in [0, 0.1) is 6.92 Å². The van der Waals surface area contributed by atoms with Gasteiger partial charge in [0.25, 0.3) is 0 Å². The fraction of sp³-hybridized carbons (Fsp3) is 0.160. The summed E-state index contributed by atoms with van der Waals surface area (Å²) in [5.41, 5.74) is 3.29. The fourth-order valence-electron chi connectivity index (χ4n) is 3.27. The molecule has 6 nitrogen and oxygen atoms in total. The summed E-state index contributed by atoms with van der Waals surface area (Å²) in [5.74, 6) is 0.668. The standard InChI is InChI=1S/C25H23N3O3/c1-18-9-8-14-22(15-18)31-17-21(29)16-28-25(30)26-23(19-10-4-2-5-11-19)24(27-28)20-12-6-3-7-13-20/h2-15,21,29H,16-17H2,1H3. The predicted octanol–water partition coefficient (Wildman–Crippen LogP) is 3.72. The van der Waals surface area contributed by atoms with Crippen molar-refractivity contribution in [1.29, 1.82) is 0 Å². The number of hydrogen-bond donors (Lipinski definition) is 1. The zero-order valence-electron chi connectivity index (χ0n) is 17.2. The largest absolute Gasteiger partial charge is 0.491 e. The molecule has 4 rings (SSSR count). The minimum atomic E-state index is -0.918. The van der Waals surface area contributed by atoms with Crippen LogP contribution < -0.4 is 10.4 Å².